The van der Waals surface area contributed by atoms with Gasteiger partial charge in [-0.2, -0.15) is 5.26 Å². The Hall–Kier alpha value is -2.15. The highest BCUT2D eigenvalue weighted by molar-refractivity contribution is 5.24. The van der Waals surface area contributed by atoms with Gasteiger partial charge >= 0.3 is 0 Å². The van der Waals surface area contributed by atoms with E-state index < -0.39 is 0 Å². The zero-order valence-corrected chi connectivity index (χ0v) is 8.38. The summed E-state index contributed by atoms with van der Waals surface area (Å²) in [7, 11) is 0. The number of nitrogens with zero attached hydrogens (tertiary/aromatic N) is 4. The van der Waals surface area contributed by atoms with E-state index in [1.165, 1.54) is 0 Å². The molecule has 0 fully saturated rings. The number of hydrogen-bond donors (Lipinski definition) is 0. The maximum atomic E-state index is 8.73. The molecule has 0 spiro atoms. The van der Waals surface area contributed by atoms with Crippen LogP contribution in [0.2, 0.25) is 0 Å². The van der Waals surface area contributed by atoms with E-state index in [1.807, 2.05) is 43.3 Å². The number of nitriles is 1. The maximum Gasteiger partial charge on any atom is 0.185 e. The highest BCUT2D eigenvalue weighted by Gasteiger charge is 2.06. The summed E-state index contributed by atoms with van der Waals surface area (Å²) in [4.78, 5) is 0. The van der Waals surface area contributed by atoms with Crippen molar-refractivity contribution >= 4 is 0 Å². The van der Waals surface area contributed by atoms with Crippen LogP contribution in [0.1, 0.15) is 17.0 Å². The van der Waals surface area contributed by atoms with Gasteiger partial charge in [-0.3, -0.25) is 0 Å². The molecule has 1 aromatic carbocycles. The summed E-state index contributed by atoms with van der Waals surface area (Å²) in [6, 6.07) is 12.0. The molecule has 0 saturated heterocycles. The first-order valence-electron chi connectivity index (χ1n) is 4.65. The van der Waals surface area contributed by atoms with Gasteiger partial charge in [-0.15, -0.1) is 5.10 Å². The van der Waals surface area contributed by atoms with E-state index in [1.54, 1.807) is 4.68 Å². The van der Waals surface area contributed by atoms with E-state index in [4.69, 9.17) is 5.26 Å². The van der Waals surface area contributed by atoms with Crippen LogP contribution in [-0.4, -0.2) is 15.0 Å². The molecular formula is C11H10N4. The van der Waals surface area contributed by atoms with Crippen molar-refractivity contribution in [2.24, 2.45) is 0 Å². The standard InChI is InChI=1S/C11H10N4/c1-9-11(7-12)13-14-15(9)8-10-5-3-2-4-6-10/h2-6H,8H2,1H3. The fourth-order valence-electron chi connectivity index (χ4n) is 1.37. The molecule has 0 saturated carbocycles. The Balaban J connectivity index is 2.26. The van der Waals surface area contributed by atoms with Crippen molar-refractivity contribution in [3.63, 3.8) is 0 Å². The number of aromatic nitrogens is 3. The first-order valence-corrected chi connectivity index (χ1v) is 4.65. The second-order valence-electron chi connectivity index (χ2n) is 3.28. The molecule has 0 aliphatic heterocycles. The lowest BCUT2D eigenvalue weighted by atomic mass is 10.2. The zero-order chi connectivity index (χ0) is 10.7. The first-order chi connectivity index (χ1) is 7.31. The van der Waals surface area contributed by atoms with Gasteiger partial charge in [0.05, 0.1) is 12.2 Å². The largest absolute Gasteiger partial charge is 0.244 e. The van der Waals surface area contributed by atoms with Gasteiger partial charge in [0.15, 0.2) is 5.69 Å². The van der Waals surface area contributed by atoms with Crippen LogP contribution in [-0.2, 0) is 6.54 Å². The molecular weight excluding hydrogens is 188 g/mol. The molecule has 4 heteroatoms. The first kappa shape index (κ1) is 9.41. The summed E-state index contributed by atoms with van der Waals surface area (Å²) in [6.07, 6.45) is 0. The Kier molecular flexibility index (Phi) is 2.46. The maximum absolute atomic E-state index is 8.73. The van der Waals surface area contributed by atoms with Gasteiger partial charge in [0.1, 0.15) is 6.07 Å². The summed E-state index contributed by atoms with van der Waals surface area (Å²) >= 11 is 0. The molecule has 0 N–H and O–H groups in total. The molecule has 15 heavy (non-hydrogen) atoms. The van der Waals surface area contributed by atoms with Crippen molar-refractivity contribution < 1.29 is 0 Å². The van der Waals surface area contributed by atoms with Crippen LogP contribution in [0.25, 0.3) is 0 Å². The lowest BCUT2D eigenvalue weighted by Gasteiger charge is -2.02. The molecule has 4 nitrogen and oxygen atoms in total. The van der Waals surface area contributed by atoms with Gasteiger partial charge in [0.2, 0.25) is 0 Å². The molecule has 1 aromatic heterocycles. The Morgan fingerprint density at radius 1 is 1.33 bits per heavy atom. The van der Waals surface area contributed by atoms with E-state index >= 15 is 0 Å². The summed E-state index contributed by atoms with van der Waals surface area (Å²) in [5, 5.41) is 16.4. The van der Waals surface area contributed by atoms with Crippen LogP contribution >= 0.6 is 0 Å². The highest BCUT2D eigenvalue weighted by Crippen LogP contribution is 2.06. The number of rotatable bonds is 2. The van der Waals surface area contributed by atoms with E-state index in [0.29, 0.717) is 12.2 Å². The molecule has 2 rings (SSSR count). The van der Waals surface area contributed by atoms with Crippen LogP contribution in [0.15, 0.2) is 30.3 Å². The minimum Gasteiger partial charge on any atom is -0.244 e. The van der Waals surface area contributed by atoms with Crippen molar-refractivity contribution in [2.75, 3.05) is 0 Å². The average molecular weight is 198 g/mol. The van der Waals surface area contributed by atoms with Crippen molar-refractivity contribution in [1.29, 1.82) is 5.26 Å². The normalized spacial score (nSPS) is 9.87. The molecule has 0 unspecified atom stereocenters. The molecule has 0 bridgehead atoms. The Bertz CT molecular complexity index is 493. The molecule has 0 atom stereocenters. The molecule has 1 heterocycles. The molecule has 0 aliphatic rings. The van der Waals surface area contributed by atoms with Crippen LogP contribution in [0.5, 0.6) is 0 Å². The summed E-state index contributed by atoms with van der Waals surface area (Å²) in [5.41, 5.74) is 2.35. The predicted octanol–water partition coefficient (Wildman–Crippen LogP) is 1.51. The quantitative estimate of drug-likeness (QED) is 0.734. The van der Waals surface area contributed by atoms with Crippen molar-refractivity contribution in [1.82, 2.24) is 15.0 Å². The second kappa shape index (κ2) is 3.93. The summed E-state index contributed by atoms with van der Waals surface area (Å²) in [6.45, 7) is 2.50. The van der Waals surface area contributed by atoms with Gasteiger partial charge < -0.3 is 0 Å². The minimum absolute atomic E-state index is 0.394. The molecule has 0 radical (unpaired) electrons. The van der Waals surface area contributed by atoms with Gasteiger partial charge in [0.25, 0.3) is 0 Å². The van der Waals surface area contributed by atoms with E-state index in [2.05, 4.69) is 10.3 Å². The molecule has 74 valence electrons. The second-order valence-corrected chi connectivity index (χ2v) is 3.28. The summed E-state index contributed by atoms with van der Waals surface area (Å²) < 4.78 is 1.73. The smallest absolute Gasteiger partial charge is 0.185 e. The van der Waals surface area contributed by atoms with Crippen LogP contribution in [0.4, 0.5) is 0 Å². The van der Waals surface area contributed by atoms with Crippen molar-refractivity contribution in [3.8, 4) is 6.07 Å². The van der Waals surface area contributed by atoms with E-state index in [9.17, 15) is 0 Å². The topological polar surface area (TPSA) is 54.5 Å². The number of benzene rings is 1. The Morgan fingerprint density at radius 2 is 2.07 bits per heavy atom. The molecule has 2 aromatic rings. The third-order valence-corrected chi connectivity index (χ3v) is 2.26. The van der Waals surface area contributed by atoms with Gasteiger partial charge in [-0.25, -0.2) is 4.68 Å². The van der Waals surface area contributed by atoms with E-state index in [-0.39, 0.29) is 0 Å². The van der Waals surface area contributed by atoms with Crippen LogP contribution in [0, 0.1) is 18.3 Å². The third-order valence-electron chi connectivity index (χ3n) is 2.26. The minimum atomic E-state index is 0.394. The van der Waals surface area contributed by atoms with Gasteiger partial charge in [-0.1, -0.05) is 35.5 Å². The van der Waals surface area contributed by atoms with Gasteiger partial charge in [0, 0.05) is 0 Å². The zero-order valence-electron chi connectivity index (χ0n) is 8.38. The Labute approximate surface area is 87.8 Å². The predicted molar refractivity (Wildman–Crippen MR) is 55.0 cm³/mol. The van der Waals surface area contributed by atoms with Crippen molar-refractivity contribution in [2.45, 2.75) is 13.5 Å². The van der Waals surface area contributed by atoms with Gasteiger partial charge in [-0.05, 0) is 12.5 Å². The Morgan fingerprint density at radius 3 is 2.67 bits per heavy atom. The SMILES string of the molecule is Cc1c(C#N)nnn1Cc1ccccc1. The summed E-state index contributed by atoms with van der Waals surface area (Å²) in [5.74, 6) is 0. The average Bonchev–Trinajstić information content (AvgIpc) is 2.62. The van der Waals surface area contributed by atoms with Crippen molar-refractivity contribution in [3.05, 3.63) is 47.3 Å². The lowest BCUT2D eigenvalue weighted by Crippen LogP contribution is -2.03. The molecule has 0 aliphatic carbocycles. The lowest BCUT2D eigenvalue weighted by molar-refractivity contribution is 0.633. The van der Waals surface area contributed by atoms with Crippen LogP contribution in [0.3, 0.4) is 0 Å². The third kappa shape index (κ3) is 1.86. The fourth-order valence-corrected chi connectivity index (χ4v) is 1.37. The van der Waals surface area contributed by atoms with E-state index in [0.717, 1.165) is 11.3 Å². The number of hydrogen-bond acceptors (Lipinski definition) is 3. The molecule has 0 amide bonds. The highest BCUT2D eigenvalue weighted by atomic mass is 15.4. The van der Waals surface area contributed by atoms with Crippen LogP contribution < -0.4 is 0 Å². The monoisotopic (exact) mass is 198 g/mol. The fraction of sp³-hybridized carbons (Fsp3) is 0.182.